The number of nitrogens with one attached hydrogen (secondary N) is 1. The summed E-state index contributed by atoms with van der Waals surface area (Å²) in [5.41, 5.74) is -1.28. The van der Waals surface area contributed by atoms with Crippen LogP contribution in [0.25, 0.3) is 11.3 Å². The van der Waals surface area contributed by atoms with Crippen LogP contribution < -0.4 is 0 Å². The number of aromatic nitrogens is 2. The molecule has 20 heavy (non-hydrogen) atoms. The zero-order valence-corrected chi connectivity index (χ0v) is 11.1. The van der Waals surface area contributed by atoms with Crippen LogP contribution in [-0.4, -0.2) is 26.4 Å². The lowest BCUT2D eigenvalue weighted by molar-refractivity contribution is -0.137. The molecule has 1 aromatic heterocycles. The van der Waals surface area contributed by atoms with Gasteiger partial charge in [0.25, 0.3) is 0 Å². The number of hydrogen-bond donors (Lipinski definition) is 3. The molecular weight excluding hydrogens is 345 g/mol. The third-order valence-electron chi connectivity index (χ3n) is 2.46. The van der Waals surface area contributed by atoms with Crippen molar-refractivity contribution in [3.05, 3.63) is 33.9 Å². The lowest BCUT2D eigenvalue weighted by Gasteiger charge is -2.11. The van der Waals surface area contributed by atoms with E-state index in [2.05, 4.69) is 26.1 Å². The standard InChI is InChI=1S/C11H6BrF3N2O3/c12-5-1-4(11(13,14)15)2-8(18)9(5)6-3-7(10(19)20)17-16-6/h1-3,18H,(H,16,17)(H,19,20). The number of rotatable bonds is 2. The van der Waals surface area contributed by atoms with E-state index in [-0.39, 0.29) is 21.4 Å². The highest BCUT2D eigenvalue weighted by Gasteiger charge is 2.32. The van der Waals surface area contributed by atoms with Gasteiger partial charge in [-0.15, -0.1) is 0 Å². The van der Waals surface area contributed by atoms with Gasteiger partial charge in [-0.1, -0.05) is 0 Å². The molecule has 9 heteroatoms. The molecule has 1 aromatic carbocycles. The van der Waals surface area contributed by atoms with E-state index in [1.807, 2.05) is 0 Å². The van der Waals surface area contributed by atoms with Crippen LogP contribution in [0.5, 0.6) is 5.75 Å². The predicted octanol–water partition coefficient (Wildman–Crippen LogP) is 3.26. The molecule has 0 spiro atoms. The number of H-pyrrole nitrogens is 1. The molecule has 0 unspecified atom stereocenters. The van der Waals surface area contributed by atoms with Gasteiger partial charge >= 0.3 is 12.1 Å². The minimum Gasteiger partial charge on any atom is -0.507 e. The third-order valence-corrected chi connectivity index (χ3v) is 3.09. The molecule has 2 aromatic rings. The Balaban J connectivity index is 2.55. The van der Waals surface area contributed by atoms with Crippen LogP contribution in [-0.2, 0) is 6.18 Å². The first kappa shape index (κ1) is 14.4. The summed E-state index contributed by atoms with van der Waals surface area (Å²) in [5, 5.41) is 24.3. The molecule has 0 aliphatic rings. The molecule has 3 N–H and O–H groups in total. The van der Waals surface area contributed by atoms with Gasteiger partial charge in [0, 0.05) is 4.47 Å². The molecule has 0 aliphatic carbocycles. The Bertz CT molecular complexity index is 659. The second kappa shape index (κ2) is 4.82. The fourth-order valence-electron chi connectivity index (χ4n) is 1.57. The Morgan fingerprint density at radius 3 is 2.40 bits per heavy atom. The van der Waals surface area contributed by atoms with Gasteiger partial charge < -0.3 is 10.2 Å². The molecule has 0 radical (unpaired) electrons. The van der Waals surface area contributed by atoms with Crippen LogP contribution in [0, 0.1) is 0 Å². The summed E-state index contributed by atoms with van der Waals surface area (Å²) in [6.45, 7) is 0. The van der Waals surface area contributed by atoms with Crippen molar-refractivity contribution in [2.75, 3.05) is 0 Å². The molecule has 5 nitrogen and oxygen atoms in total. The normalized spacial score (nSPS) is 11.6. The number of hydrogen-bond acceptors (Lipinski definition) is 3. The third kappa shape index (κ3) is 2.62. The van der Waals surface area contributed by atoms with Gasteiger partial charge in [0.2, 0.25) is 0 Å². The summed E-state index contributed by atoms with van der Waals surface area (Å²) in [7, 11) is 0. The van der Waals surface area contributed by atoms with Crippen molar-refractivity contribution in [2.45, 2.75) is 6.18 Å². The molecule has 1 heterocycles. The number of aromatic hydroxyl groups is 1. The quantitative estimate of drug-likeness (QED) is 0.775. The van der Waals surface area contributed by atoms with Crippen molar-refractivity contribution >= 4 is 21.9 Å². The number of halogens is 4. The van der Waals surface area contributed by atoms with Crippen LogP contribution in [0.4, 0.5) is 13.2 Å². The fourth-order valence-corrected chi connectivity index (χ4v) is 2.22. The van der Waals surface area contributed by atoms with E-state index in [0.29, 0.717) is 6.07 Å². The smallest absolute Gasteiger partial charge is 0.416 e. The first-order valence-corrected chi connectivity index (χ1v) is 5.88. The van der Waals surface area contributed by atoms with Crippen LogP contribution in [0.3, 0.4) is 0 Å². The van der Waals surface area contributed by atoms with Gasteiger partial charge in [-0.3, -0.25) is 5.10 Å². The molecule has 0 saturated heterocycles. The molecular formula is C11H6BrF3N2O3. The van der Waals surface area contributed by atoms with E-state index in [1.165, 1.54) is 0 Å². The molecule has 0 bridgehead atoms. The lowest BCUT2D eigenvalue weighted by atomic mass is 10.1. The second-order valence-corrected chi connectivity index (χ2v) is 4.68. The maximum absolute atomic E-state index is 12.6. The molecule has 106 valence electrons. The summed E-state index contributed by atoms with van der Waals surface area (Å²) in [5.74, 6) is -1.93. The van der Waals surface area contributed by atoms with Crippen LogP contribution in [0.2, 0.25) is 0 Å². The highest BCUT2D eigenvalue weighted by atomic mass is 79.9. The van der Waals surface area contributed by atoms with Crippen molar-refractivity contribution in [1.82, 2.24) is 10.2 Å². The summed E-state index contributed by atoms with van der Waals surface area (Å²) < 4.78 is 37.6. The number of phenols is 1. The van der Waals surface area contributed by atoms with Crippen molar-refractivity contribution in [1.29, 1.82) is 0 Å². The highest BCUT2D eigenvalue weighted by Crippen LogP contribution is 2.41. The fraction of sp³-hybridized carbons (Fsp3) is 0.0909. The van der Waals surface area contributed by atoms with E-state index in [0.717, 1.165) is 12.1 Å². The lowest BCUT2D eigenvalue weighted by Crippen LogP contribution is -2.05. The minimum absolute atomic E-state index is 0.0144. The average molecular weight is 351 g/mol. The second-order valence-electron chi connectivity index (χ2n) is 3.82. The summed E-state index contributed by atoms with van der Waals surface area (Å²) >= 11 is 2.91. The van der Waals surface area contributed by atoms with Crippen LogP contribution in [0.15, 0.2) is 22.7 Å². The summed E-state index contributed by atoms with van der Waals surface area (Å²) in [6, 6.07) is 2.44. The molecule has 2 rings (SSSR count). The zero-order chi connectivity index (χ0) is 15.1. The molecule has 0 fully saturated rings. The number of aromatic carboxylic acids is 1. The largest absolute Gasteiger partial charge is 0.507 e. The Hall–Kier alpha value is -2.03. The number of carbonyl (C=O) groups is 1. The van der Waals surface area contributed by atoms with Crippen molar-refractivity contribution in [3.8, 4) is 17.0 Å². The average Bonchev–Trinajstić information content (AvgIpc) is 2.76. The number of alkyl halides is 3. The Kier molecular flexibility index (Phi) is 3.46. The van der Waals surface area contributed by atoms with E-state index in [1.54, 1.807) is 0 Å². The van der Waals surface area contributed by atoms with Gasteiger partial charge in [-0.05, 0) is 34.1 Å². The van der Waals surface area contributed by atoms with Crippen LogP contribution >= 0.6 is 15.9 Å². The minimum atomic E-state index is -4.60. The number of benzene rings is 1. The van der Waals surface area contributed by atoms with Crippen molar-refractivity contribution in [3.63, 3.8) is 0 Å². The Labute approximate surface area is 118 Å². The Morgan fingerprint density at radius 1 is 1.30 bits per heavy atom. The number of nitrogens with zero attached hydrogens (tertiary/aromatic N) is 1. The topological polar surface area (TPSA) is 86.2 Å². The van der Waals surface area contributed by atoms with Crippen molar-refractivity contribution < 1.29 is 28.2 Å². The maximum Gasteiger partial charge on any atom is 0.416 e. The van der Waals surface area contributed by atoms with Gasteiger partial charge in [0.1, 0.15) is 11.4 Å². The molecule has 0 amide bonds. The Morgan fingerprint density at radius 2 is 1.95 bits per heavy atom. The zero-order valence-electron chi connectivity index (χ0n) is 9.49. The summed E-state index contributed by atoms with van der Waals surface area (Å²) in [6.07, 6.45) is -4.60. The van der Waals surface area contributed by atoms with E-state index in [9.17, 15) is 23.1 Å². The van der Waals surface area contributed by atoms with Gasteiger partial charge in [0.05, 0.1) is 16.8 Å². The van der Waals surface area contributed by atoms with Gasteiger partial charge in [0.15, 0.2) is 0 Å². The SMILES string of the molecule is O=C(O)c1cc(-c2c(O)cc(C(F)(F)F)cc2Br)n[nH]1. The molecule has 0 aliphatic heterocycles. The predicted molar refractivity (Wildman–Crippen MR) is 65.3 cm³/mol. The summed E-state index contributed by atoms with van der Waals surface area (Å²) in [4.78, 5) is 10.7. The molecule has 0 saturated carbocycles. The number of aromatic amines is 1. The molecule has 0 atom stereocenters. The van der Waals surface area contributed by atoms with E-state index >= 15 is 0 Å². The monoisotopic (exact) mass is 350 g/mol. The number of phenolic OH excluding ortho intramolecular Hbond substituents is 1. The van der Waals surface area contributed by atoms with Gasteiger partial charge in [-0.2, -0.15) is 18.3 Å². The maximum atomic E-state index is 12.6. The van der Waals surface area contributed by atoms with Crippen molar-refractivity contribution in [2.24, 2.45) is 0 Å². The highest BCUT2D eigenvalue weighted by molar-refractivity contribution is 9.10. The first-order valence-electron chi connectivity index (χ1n) is 5.09. The van der Waals surface area contributed by atoms with E-state index < -0.39 is 23.5 Å². The van der Waals surface area contributed by atoms with Crippen LogP contribution in [0.1, 0.15) is 16.1 Å². The number of carboxylic acid groups (broad SMARTS) is 1. The number of carboxylic acids is 1. The van der Waals surface area contributed by atoms with E-state index in [4.69, 9.17) is 5.11 Å². The first-order chi connectivity index (χ1) is 9.20. The van der Waals surface area contributed by atoms with Gasteiger partial charge in [-0.25, -0.2) is 4.79 Å².